The Hall–Kier alpha value is -2.66. The molecule has 0 spiro atoms. The van der Waals surface area contributed by atoms with Gasteiger partial charge >= 0.3 is 6.09 Å². The number of benzene rings is 2. The first-order valence-electron chi connectivity index (χ1n) is 15.5. The highest BCUT2D eigenvalue weighted by Crippen LogP contribution is 2.60. The van der Waals surface area contributed by atoms with Crippen LogP contribution in [0, 0.1) is 23.2 Å². The van der Waals surface area contributed by atoms with E-state index >= 15 is 0 Å². The number of hydrogen-bond acceptors (Lipinski definition) is 7. The van der Waals surface area contributed by atoms with Gasteiger partial charge in [-0.15, -0.1) is 0 Å². The van der Waals surface area contributed by atoms with Gasteiger partial charge in [0, 0.05) is 24.4 Å². The molecule has 10 heteroatoms. The molecule has 1 saturated heterocycles. The zero-order valence-electron chi connectivity index (χ0n) is 25.6. The van der Waals surface area contributed by atoms with Crippen molar-refractivity contribution in [1.29, 1.82) is 0 Å². The van der Waals surface area contributed by atoms with E-state index in [1.807, 2.05) is 44.2 Å². The third-order valence-electron chi connectivity index (χ3n) is 9.80. The molecule has 0 aromatic heterocycles. The van der Waals surface area contributed by atoms with Crippen molar-refractivity contribution in [3.63, 3.8) is 0 Å². The second-order valence-electron chi connectivity index (χ2n) is 13.0. The molecule has 5 rings (SSSR count). The Morgan fingerprint density at radius 1 is 1.12 bits per heavy atom. The largest absolute Gasteiger partial charge is 0.497 e. The minimum absolute atomic E-state index is 0.0113. The molecule has 2 saturated carbocycles. The quantitative estimate of drug-likeness (QED) is 0.358. The number of carbonyl (C=O) groups excluding carboxylic acids is 1. The summed E-state index contributed by atoms with van der Waals surface area (Å²) in [6, 6.07) is 15.0. The maximum Gasteiger partial charge on any atom is 0.407 e. The second-order valence-corrected chi connectivity index (χ2v) is 14.9. The molecule has 236 valence electrons. The average Bonchev–Trinajstić information content (AvgIpc) is 3.46. The number of nitrogens with zero attached hydrogens (tertiary/aromatic N) is 1. The molecule has 2 aromatic rings. The highest BCUT2D eigenvalue weighted by molar-refractivity contribution is 7.89. The molecule has 3 fully saturated rings. The molecule has 43 heavy (non-hydrogen) atoms. The van der Waals surface area contributed by atoms with Crippen LogP contribution in [0.25, 0.3) is 0 Å². The van der Waals surface area contributed by atoms with Crippen LogP contribution in [0.2, 0.25) is 0 Å². The molecule has 3 aliphatic rings. The van der Waals surface area contributed by atoms with E-state index in [4.69, 9.17) is 14.2 Å². The molecule has 0 radical (unpaired) electrons. The van der Waals surface area contributed by atoms with E-state index < -0.39 is 28.3 Å². The van der Waals surface area contributed by atoms with Crippen molar-refractivity contribution in [1.82, 2.24) is 9.62 Å². The van der Waals surface area contributed by atoms with E-state index in [0.717, 1.165) is 31.2 Å². The minimum atomic E-state index is -3.93. The molecule has 1 aliphatic heterocycles. The number of amides is 1. The lowest BCUT2D eigenvalue weighted by atomic mass is 9.65. The van der Waals surface area contributed by atoms with Crippen LogP contribution in [0.4, 0.5) is 4.79 Å². The van der Waals surface area contributed by atoms with Crippen molar-refractivity contribution >= 4 is 16.1 Å². The number of aliphatic hydroxyl groups excluding tert-OH is 1. The average molecular weight is 615 g/mol. The maximum atomic E-state index is 13.7. The summed E-state index contributed by atoms with van der Waals surface area (Å²) in [5, 5.41) is 14.5. The van der Waals surface area contributed by atoms with E-state index in [9.17, 15) is 18.3 Å². The second kappa shape index (κ2) is 13.1. The number of sulfonamides is 1. The van der Waals surface area contributed by atoms with E-state index in [1.165, 1.54) is 23.5 Å². The van der Waals surface area contributed by atoms with Crippen LogP contribution in [-0.2, 0) is 25.9 Å². The smallest absolute Gasteiger partial charge is 0.407 e. The van der Waals surface area contributed by atoms with Crippen molar-refractivity contribution in [3.8, 4) is 5.75 Å². The van der Waals surface area contributed by atoms with E-state index in [1.54, 1.807) is 12.1 Å². The van der Waals surface area contributed by atoms with Gasteiger partial charge < -0.3 is 24.6 Å². The number of carbonyl (C=O) groups is 1. The number of hydrogen-bond donors (Lipinski definition) is 2. The number of ether oxygens (including phenoxy) is 3. The van der Waals surface area contributed by atoms with Crippen molar-refractivity contribution in [2.24, 2.45) is 23.2 Å². The summed E-state index contributed by atoms with van der Waals surface area (Å²) >= 11 is 0. The van der Waals surface area contributed by atoms with Gasteiger partial charge in [0.25, 0.3) is 0 Å². The van der Waals surface area contributed by atoms with Gasteiger partial charge in [-0.2, -0.15) is 4.31 Å². The normalized spacial score (nSPS) is 28.0. The van der Waals surface area contributed by atoms with Gasteiger partial charge in [0.1, 0.15) is 11.9 Å². The first kappa shape index (κ1) is 31.8. The number of alkyl carbamates (subject to hydrolysis) is 1. The number of nitrogens with one attached hydrogen (secondary N) is 1. The standard InChI is InChI=1S/C33H46N2O7S/c1-22(2)19-35(43(38,39)26-15-13-25(40-4)14-16-26)20-29(36)28(17-23-9-6-5-7-10-23)34-32(37)42-30-18-24-21-41-31-12-8-11-27(30)33(24,31)3/h5-7,9-10,13-16,22,24,27-31,36H,8,11-12,17-21H2,1-4H3,(H,34,37)/t24?,27?,28-,29+,30-,31-,33?/m0/s1. The van der Waals surface area contributed by atoms with Crippen LogP contribution in [0.15, 0.2) is 59.5 Å². The Bertz CT molecular complexity index is 1330. The number of methoxy groups -OCH3 is 1. The lowest BCUT2D eigenvalue weighted by molar-refractivity contribution is -0.0417. The Morgan fingerprint density at radius 3 is 2.51 bits per heavy atom. The van der Waals surface area contributed by atoms with Crippen molar-refractivity contribution < 1.29 is 32.5 Å². The van der Waals surface area contributed by atoms with Crippen molar-refractivity contribution in [2.75, 3.05) is 26.8 Å². The van der Waals surface area contributed by atoms with Crippen LogP contribution in [-0.4, -0.2) is 75.1 Å². The van der Waals surface area contributed by atoms with Crippen LogP contribution in [0.1, 0.15) is 52.0 Å². The summed E-state index contributed by atoms with van der Waals surface area (Å²) in [5.41, 5.74) is 0.940. The van der Waals surface area contributed by atoms with Gasteiger partial charge in [0.2, 0.25) is 10.0 Å². The molecule has 7 atom stereocenters. The predicted molar refractivity (Wildman–Crippen MR) is 163 cm³/mol. The molecular weight excluding hydrogens is 568 g/mol. The number of aliphatic hydroxyl groups is 1. The predicted octanol–water partition coefficient (Wildman–Crippen LogP) is 4.63. The molecule has 2 aromatic carbocycles. The Morgan fingerprint density at radius 2 is 1.84 bits per heavy atom. The van der Waals surface area contributed by atoms with Gasteiger partial charge in [-0.3, -0.25) is 0 Å². The van der Waals surface area contributed by atoms with Gasteiger partial charge in [-0.1, -0.05) is 57.5 Å². The minimum Gasteiger partial charge on any atom is -0.497 e. The molecule has 3 unspecified atom stereocenters. The molecule has 2 N–H and O–H groups in total. The van der Waals surface area contributed by atoms with Crippen LogP contribution >= 0.6 is 0 Å². The lowest BCUT2D eigenvalue weighted by Crippen LogP contribution is -2.52. The summed E-state index contributed by atoms with van der Waals surface area (Å²) in [6.07, 6.45) is 2.47. The Balaban J connectivity index is 1.32. The van der Waals surface area contributed by atoms with Crippen molar-refractivity contribution in [3.05, 3.63) is 60.2 Å². The van der Waals surface area contributed by atoms with Crippen LogP contribution < -0.4 is 10.1 Å². The fourth-order valence-electron chi connectivity index (χ4n) is 7.49. The van der Waals surface area contributed by atoms with Gasteiger partial charge in [0.05, 0.1) is 36.9 Å². The Kier molecular flexibility index (Phi) is 9.70. The van der Waals surface area contributed by atoms with Crippen LogP contribution in [0.3, 0.4) is 0 Å². The monoisotopic (exact) mass is 614 g/mol. The summed E-state index contributed by atoms with van der Waals surface area (Å²) in [5.74, 6) is 1.19. The lowest BCUT2D eigenvalue weighted by Gasteiger charge is -2.41. The molecule has 2 aliphatic carbocycles. The van der Waals surface area contributed by atoms with Crippen LogP contribution in [0.5, 0.6) is 5.75 Å². The summed E-state index contributed by atoms with van der Waals surface area (Å²) in [7, 11) is -2.41. The van der Waals surface area contributed by atoms with E-state index in [0.29, 0.717) is 24.7 Å². The Labute approximate surface area is 256 Å². The van der Waals surface area contributed by atoms with E-state index in [2.05, 4.69) is 12.2 Å². The fraction of sp³-hybridized carbons (Fsp3) is 0.606. The summed E-state index contributed by atoms with van der Waals surface area (Å²) in [6.45, 7) is 6.88. The van der Waals surface area contributed by atoms with Gasteiger partial charge in [-0.25, -0.2) is 13.2 Å². The molecule has 9 nitrogen and oxygen atoms in total. The molecular formula is C33H46N2O7S. The van der Waals surface area contributed by atoms with E-state index in [-0.39, 0.29) is 47.4 Å². The molecule has 1 amide bonds. The summed E-state index contributed by atoms with van der Waals surface area (Å²) < 4.78 is 46.1. The number of rotatable bonds is 12. The first-order chi connectivity index (χ1) is 20.5. The first-order valence-corrected chi connectivity index (χ1v) is 16.9. The summed E-state index contributed by atoms with van der Waals surface area (Å²) in [4.78, 5) is 13.5. The zero-order valence-corrected chi connectivity index (χ0v) is 26.5. The SMILES string of the molecule is COc1ccc(S(=O)(=O)N(CC(C)C)C[C@@H](O)[C@H](Cc2ccccc2)NC(=O)O[C@H]2CC3CO[C@H]4CCCC2C34C)cc1. The zero-order chi connectivity index (χ0) is 30.8. The van der Waals surface area contributed by atoms with Crippen molar-refractivity contribution in [2.45, 2.75) is 82.1 Å². The van der Waals surface area contributed by atoms with Gasteiger partial charge in [-0.05, 0) is 67.3 Å². The third-order valence-corrected chi connectivity index (χ3v) is 11.6. The molecule has 1 heterocycles. The maximum absolute atomic E-state index is 13.7. The highest BCUT2D eigenvalue weighted by Gasteiger charge is 2.62. The molecule has 0 bridgehead atoms. The third kappa shape index (κ3) is 6.72. The topological polar surface area (TPSA) is 114 Å². The van der Waals surface area contributed by atoms with Gasteiger partial charge in [0.15, 0.2) is 0 Å². The fourth-order valence-corrected chi connectivity index (χ4v) is 9.11. The highest BCUT2D eigenvalue weighted by atomic mass is 32.2.